The van der Waals surface area contributed by atoms with Gasteiger partial charge in [-0.3, -0.25) is 4.68 Å². The molecule has 94 valence electrons. The summed E-state index contributed by atoms with van der Waals surface area (Å²) in [6.07, 6.45) is 3.80. The van der Waals surface area contributed by atoms with Crippen LogP contribution in [0, 0.1) is 0 Å². The number of hydrogen-bond donors (Lipinski definition) is 1. The van der Waals surface area contributed by atoms with Crippen molar-refractivity contribution in [2.75, 3.05) is 13.1 Å². The number of rotatable bonds is 2. The minimum atomic E-state index is 0.0117. The van der Waals surface area contributed by atoms with Gasteiger partial charge in [-0.1, -0.05) is 30.3 Å². The molecule has 3 rings (SSSR count). The van der Waals surface area contributed by atoms with Crippen LogP contribution >= 0.6 is 0 Å². The largest absolute Gasteiger partial charge is 0.317 e. The number of hydrogen-bond acceptors (Lipinski definition) is 3. The highest BCUT2D eigenvalue weighted by molar-refractivity contribution is 5.33. The molecule has 1 N–H and O–H groups in total. The Labute approximate surface area is 107 Å². The summed E-state index contributed by atoms with van der Waals surface area (Å²) in [5.41, 5.74) is 1.36. The van der Waals surface area contributed by atoms with Crippen LogP contribution in [0.5, 0.6) is 0 Å². The fourth-order valence-corrected chi connectivity index (χ4v) is 2.98. The molecule has 1 aromatic carbocycles. The lowest BCUT2D eigenvalue weighted by Gasteiger charge is -2.37. The van der Waals surface area contributed by atoms with Gasteiger partial charge in [0.2, 0.25) is 0 Å². The Morgan fingerprint density at radius 1 is 1.17 bits per heavy atom. The van der Waals surface area contributed by atoms with Crippen molar-refractivity contribution in [3.8, 4) is 0 Å². The Morgan fingerprint density at radius 2 is 1.89 bits per heavy atom. The SMILES string of the molecule is Cn1ncnc1C1(c2ccccc2)CCNCC1. The Bertz CT molecular complexity index is 512. The van der Waals surface area contributed by atoms with Gasteiger partial charge in [-0.2, -0.15) is 5.10 Å². The molecular weight excluding hydrogens is 224 g/mol. The summed E-state index contributed by atoms with van der Waals surface area (Å²) in [6, 6.07) is 10.7. The number of nitrogens with one attached hydrogen (secondary N) is 1. The number of benzene rings is 1. The van der Waals surface area contributed by atoms with E-state index in [4.69, 9.17) is 0 Å². The van der Waals surface area contributed by atoms with Gasteiger partial charge in [0.1, 0.15) is 12.2 Å². The summed E-state index contributed by atoms with van der Waals surface area (Å²) >= 11 is 0. The van der Waals surface area contributed by atoms with Gasteiger partial charge in [-0.25, -0.2) is 4.98 Å². The van der Waals surface area contributed by atoms with Crippen LogP contribution in [0.15, 0.2) is 36.7 Å². The van der Waals surface area contributed by atoms with E-state index in [1.165, 1.54) is 5.56 Å². The van der Waals surface area contributed by atoms with E-state index in [9.17, 15) is 0 Å². The van der Waals surface area contributed by atoms with E-state index in [0.717, 1.165) is 31.8 Å². The van der Waals surface area contributed by atoms with Gasteiger partial charge in [0.25, 0.3) is 0 Å². The number of piperidine rings is 1. The predicted molar refractivity (Wildman–Crippen MR) is 70.3 cm³/mol. The normalized spacial score (nSPS) is 18.7. The summed E-state index contributed by atoms with van der Waals surface area (Å²) in [5.74, 6) is 1.08. The van der Waals surface area contributed by atoms with Crippen LogP contribution in [-0.4, -0.2) is 27.9 Å². The van der Waals surface area contributed by atoms with Gasteiger partial charge >= 0.3 is 0 Å². The molecule has 0 amide bonds. The topological polar surface area (TPSA) is 42.7 Å². The highest BCUT2D eigenvalue weighted by Crippen LogP contribution is 2.38. The van der Waals surface area contributed by atoms with Gasteiger partial charge in [0.05, 0.1) is 5.41 Å². The van der Waals surface area contributed by atoms with E-state index in [1.54, 1.807) is 6.33 Å². The molecule has 0 atom stereocenters. The van der Waals surface area contributed by atoms with Crippen LogP contribution < -0.4 is 5.32 Å². The molecule has 1 aliphatic heterocycles. The third-order valence-electron chi connectivity index (χ3n) is 3.92. The van der Waals surface area contributed by atoms with E-state index in [2.05, 4.69) is 45.7 Å². The molecule has 1 aliphatic rings. The van der Waals surface area contributed by atoms with Crippen LogP contribution in [0.25, 0.3) is 0 Å². The monoisotopic (exact) mass is 242 g/mol. The molecule has 4 heteroatoms. The van der Waals surface area contributed by atoms with Crippen molar-refractivity contribution < 1.29 is 0 Å². The van der Waals surface area contributed by atoms with Crippen molar-refractivity contribution in [2.45, 2.75) is 18.3 Å². The zero-order valence-electron chi connectivity index (χ0n) is 10.6. The van der Waals surface area contributed by atoms with Crippen LogP contribution in [0.1, 0.15) is 24.2 Å². The molecule has 0 spiro atoms. The fourth-order valence-electron chi connectivity index (χ4n) is 2.98. The third kappa shape index (κ3) is 1.73. The highest BCUT2D eigenvalue weighted by atomic mass is 15.3. The molecule has 1 saturated heterocycles. The molecular formula is C14H18N4. The number of aryl methyl sites for hydroxylation is 1. The van der Waals surface area contributed by atoms with Crippen molar-refractivity contribution in [1.82, 2.24) is 20.1 Å². The van der Waals surface area contributed by atoms with Crippen LogP contribution in [-0.2, 0) is 12.5 Å². The smallest absolute Gasteiger partial charge is 0.138 e. The predicted octanol–water partition coefficient (Wildman–Crippen LogP) is 1.48. The van der Waals surface area contributed by atoms with Crippen molar-refractivity contribution in [1.29, 1.82) is 0 Å². The third-order valence-corrected chi connectivity index (χ3v) is 3.92. The molecule has 2 heterocycles. The second-order valence-corrected chi connectivity index (χ2v) is 4.91. The second-order valence-electron chi connectivity index (χ2n) is 4.91. The van der Waals surface area contributed by atoms with Crippen molar-refractivity contribution in [2.24, 2.45) is 7.05 Å². The van der Waals surface area contributed by atoms with E-state index in [0.29, 0.717) is 0 Å². The van der Waals surface area contributed by atoms with E-state index >= 15 is 0 Å². The molecule has 0 aliphatic carbocycles. The molecule has 0 radical (unpaired) electrons. The molecule has 0 bridgehead atoms. The molecule has 1 aromatic heterocycles. The first-order valence-electron chi connectivity index (χ1n) is 6.44. The standard InChI is InChI=1S/C14H18N4/c1-18-13(16-11-17-18)14(7-9-15-10-8-14)12-5-3-2-4-6-12/h2-6,11,15H,7-10H2,1H3. The van der Waals surface area contributed by atoms with Gasteiger partial charge < -0.3 is 5.32 Å². The molecule has 1 fully saturated rings. The maximum atomic E-state index is 4.51. The molecule has 2 aromatic rings. The molecule has 4 nitrogen and oxygen atoms in total. The minimum absolute atomic E-state index is 0.0117. The Hall–Kier alpha value is -1.68. The number of nitrogens with zero attached hydrogens (tertiary/aromatic N) is 3. The zero-order valence-corrected chi connectivity index (χ0v) is 10.6. The summed E-state index contributed by atoms with van der Waals surface area (Å²) in [4.78, 5) is 4.51. The molecule has 18 heavy (non-hydrogen) atoms. The Morgan fingerprint density at radius 3 is 2.50 bits per heavy atom. The van der Waals surface area contributed by atoms with Crippen LogP contribution in [0.4, 0.5) is 0 Å². The summed E-state index contributed by atoms with van der Waals surface area (Å²) in [6.45, 7) is 2.06. The lowest BCUT2D eigenvalue weighted by atomic mass is 9.72. The van der Waals surface area contributed by atoms with Crippen molar-refractivity contribution in [3.05, 3.63) is 48.0 Å². The quantitative estimate of drug-likeness (QED) is 0.867. The van der Waals surface area contributed by atoms with Crippen LogP contribution in [0.2, 0.25) is 0 Å². The maximum absolute atomic E-state index is 4.51. The fraction of sp³-hybridized carbons (Fsp3) is 0.429. The van der Waals surface area contributed by atoms with Crippen molar-refractivity contribution >= 4 is 0 Å². The first-order chi connectivity index (χ1) is 8.83. The average Bonchev–Trinajstić information content (AvgIpc) is 2.87. The van der Waals surface area contributed by atoms with Crippen LogP contribution in [0.3, 0.4) is 0 Å². The first kappa shape index (κ1) is 11.4. The maximum Gasteiger partial charge on any atom is 0.138 e. The lowest BCUT2D eigenvalue weighted by Crippen LogP contribution is -2.42. The summed E-state index contributed by atoms with van der Waals surface area (Å²) < 4.78 is 1.92. The molecule has 0 unspecified atom stereocenters. The first-order valence-corrected chi connectivity index (χ1v) is 6.44. The highest BCUT2D eigenvalue weighted by Gasteiger charge is 2.39. The van der Waals surface area contributed by atoms with Crippen molar-refractivity contribution in [3.63, 3.8) is 0 Å². The minimum Gasteiger partial charge on any atom is -0.317 e. The molecule has 0 saturated carbocycles. The van der Waals surface area contributed by atoms with Gasteiger partial charge in [0.15, 0.2) is 0 Å². The average molecular weight is 242 g/mol. The number of aromatic nitrogens is 3. The van der Waals surface area contributed by atoms with Gasteiger partial charge in [0, 0.05) is 7.05 Å². The van der Waals surface area contributed by atoms with E-state index < -0.39 is 0 Å². The summed E-state index contributed by atoms with van der Waals surface area (Å²) in [7, 11) is 1.98. The Kier molecular flexibility index (Phi) is 2.88. The van der Waals surface area contributed by atoms with Gasteiger partial charge in [-0.05, 0) is 31.5 Å². The van der Waals surface area contributed by atoms with Gasteiger partial charge in [-0.15, -0.1) is 0 Å². The zero-order chi connectivity index (χ0) is 12.4. The second kappa shape index (κ2) is 4.53. The lowest BCUT2D eigenvalue weighted by molar-refractivity contribution is 0.335. The van der Waals surface area contributed by atoms with E-state index in [1.807, 2.05) is 11.7 Å². The Balaban J connectivity index is 2.12. The van der Waals surface area contributed by atoms with E-state index in [-0.39, 0.29) is 5.41 Å². The summed E-state index contributed by atoms with van der Waals surface area (Å²) in [5, 5.41) is 7.68.